The first-order valence-corrected chi connectivity index (χ1v) is 10.5. The van der Waals surface area contributed by atoms with Gasteiger partial charge in [0.1, 0.15) is 0 Å². The fourth-order valence-electron chi connectivity index (χ4n) is 5.15. The molecule has 4 rings (SSSR count). The smallest absolute Gasteiger partial charge is 0.227 e. The van der Waals surface area contributed by atoms with Crippen molar-refractivity contribution in [1.29, 1.82) is 0 Å². The van der Waals surface area contributed by atoms with E-state index in [-0.39, 0.29) is 29.9 Å². The number of rotatable bonds is 4. The van der Waals surface area contributed by atoms with Crippen molar-refractivity contribution >= 4 is 41.5 Å². The highest BCUT2D eigenvalue weighted by molar-refractivity contribution is 14.0. The van der Waals surface area contributed by atoms with Gasteiger partial charge in [-0.15, -0.1) is 24.0 Å². The van der Waals surface area contributed by atoms with Gasteiger partial charge in [-0.05, 0) is 49.1 Å². The summed E-state index contributed by atoms with van der Waals surface area (Å²) < 4.78 is 0. The molecule has 154 valence electrons. The number of fused-ring (bicyclic) bond motifs is 1. The van der Waals surface area contributed by atoms with Crippen molar-refractivity contribution in [2.75, 3.05) is 38.1 Å². The number of hydrogen-bond donors (Lipinski definition) is 1. The van der Waals surface area contributed by atoms with E-state index in [1.165, 1.54) is 37.7 Å². The number of anilines is 1. The first-order valence-electron chi connectivity index (χ1n) is 10.5. The summed E-state index contributed by atoms with van der Waals surface area (Å²) in [5.74, 6) is 1.25. The van der Waals surface area contributed by atoms with Crippen molar-refractivity contribution in [2.24, 2.45) is 10.4 Å². The number of hydrogen-bond acceptors (Lipinski definition) is 2. The number of aliphatic imine (C=N–C) groups is 1. The third kappa shape index (κ3) is 4.47. The average Bonchev–Trinajstić information content (AvgIpc) is 3.42. The second-order valence-corrected chi connectivity index (χ2v) is 8.38. The summed E-state index contributed by atoms with van der Waals surface area (Å²) in [4.78, 5) is 21.5. The molecule has 6 heteroatoms. The first kappa shape index (κ1) is 21.4. The van der Waals surface area contributed by atoms with E-state index in [0.29, 0.717) is 11.8 Å². The lowest BCUT2D eigenvalue weighted by atomic mass is 9.86. The maximum absolute atomic E-state index is 12.6. The third-order valence-electron chi connectivity index (χ3n) is 6.65. The van der Waals surface area contributed by atoms with Crippen molar-refractivity contribution in [2.45, 2.75) is 51.4 Å². The Balaban J connectivity index is 0.00000225. The van der Waals surface area contributed by atoms with E-state index >= 15 is 0 Å². The molecule has 1 N–H and O–H groups in total. The minimum Gasteiger partial charge on any atom is -0.356 e. The van der Waals surface area contributed by atoms with Crippen LogP contribution >= 0.6 is 24.0 Å². The molecule has 0 aromatic heterocycles. The van der Waals surface area contributed by atoms with Gasteiger partial charge in [0.2, 0.25) is 5.91 Å². The molecule has 2 aliphatic heterocycles. The number of carbonyl (C=O) groups is 1. The van der Waals surface area contributed by atoms with Gasteiger partial charge in [-0.2, -0.15) is 0 Å². The highest BCUT2D eigenvalue weighted by atomic mass is 127. The van der Waals surface area contributed by atoms with E-state index in [1.54, 1.807) is 0 Å². The molecule has 0 bridgehead atoms. The molecule has 1 aromatic carbocycles. The monoisotopic (exact) mass is 496 g/mol. The summed E-state index contributed by atoms with van der Waals surface area (Å²) in [7, 11) is 1.87. The fourth-order valence-corrected chi connectivity index (χ4v) is 5.15. The number of halogens is 1. The Morgan fingerprint density at radius 3 is 2.75 bits per heavy atom. The van der Waals surface area contributed by atoms with E-state index in [0.717, 1.165) is 50.7 Å². The molecular weight excluding hydrogens is 463 g/mol. The normalized spacial score (nSPS) is 20.4. The van der Waals surface area contributed by atoms with Gasteiger partial charge in [0.25, 0.3) is 0 Å². The molecule has 1 saturated carbocycles. The SMILES string of the molecule is CN=C(NCCCC(=O)N1CCc2ccccc21)N1CCC2(CCCC2)C1.I. The quantitative estimate of drug-likeness (QED) is 0.299. The van der Waals surface area contributed by atoms with E-state index in [9.17, 15) is 4.79 Å². The van der Waals surface area contributed by atoms with Gasteiger partial charge in [0.05, 0.1) is 0 Å². The Labute approximate surface area is 186 Å². The minimum absolute atomic E-state index is 0. The molecule has 2 heterocycles. The molecule has 5 nitrogen and oxygen atoms in total. The maximum Gasteiger partial charge on any atom is 0.227 e. The second kappa shape index (κ2) is 9.46. The van der Waals surface area contributed by atoms with Crippen molar-refractivity contribution in [1.82, 2.24) is 10.2 Å². The zero-order valence-electron chi connectivity index (χ0n) is 17.0. The summed E-state index contributed by atoms with van der Waals surface area (Å²) in [6, 6.07) is 8.26. The van der Waals surface area contributed by atoms with Crippen LogP contribution in [0.5, 0.6) is 0 Å². The summed E-state index contributed by atoms with van der Waals surface area (Å²) in [6.45, 7) is 3.89. The molecule has 28 heavy (non-hydrogen) atoms. The van der Waals surface area contributed by atoms with Crippen LogP contribution in [0.4, 0.5) is 5.69 Å². The standard InChI is InChI=1S/C22H32N4O.HI/c1-23-21(25-16-13-22(17-25)11-4-5-12-22)24-14-6-9-20(27)26-15-10-18-7-2-3-8-19(18)26;/h2-3,7-8H,4-6,9-17H2,1H3,(H,23,24);1H. The molecule has 3 aliphatic rings. The molecule has 1 aliphatic carbocycles. The predicted octanol–water partition coefficient (Wildman–Crippen LogP) is 3.82. The van der Waals surface area contributed by atoms with Gasteiger partial charge in [0, 0.05) is 45.3 Å². The Kier molecular flexibility index (Phi) is 7.23. The van der Waals surface area contributed by atoms with E-state index in [1.807, 2.05) is 18.0 Å². The van der Waals surface area contributed by atoms with Gasteiger partial charge < -0.3 is 15.1 Å². The molecular formula is C22H33IN4O. The highest BCUT2D eigenvalue weighted by Gasteiger charge is 2.41. The summed E-state index contributed by atoms with van der Waals surface area (Å²) in [6.07, 6.45) is 9.25. The molecule has 1 spiro atoms. The number of nitrogens with one attached hydrogen (secondary N) is 1. The average molecular weight is 496 g/mol. The Bertz CT molecular complexity index is 714. The number of nitrogens with zero attached hydrogens (tertiary/aromatic N) is 3. The summed E-state index contributed by atoms with van der Waals surface area (Å²) in [5, 5.41) is 3.49. The van der Waals surface area contributed by atoms with Crippen LogP contribution in [0.3, 0.4) is 0 Å². The van der Waals surface area contributed by atoms with E-state index in [2.05, 4.69) is 33.4 Å². The predicted molar refractivity (Wildman–Crippen MR) is 126 cm³/mol. The van der Waals surface area contributed by atoms with Gasteiger partial charge in [0.15, 0.2) is 5.96 Å². The lowest BCUT2D eigenvalue weighted by Crippen LogP contribution is -2.41. The topological polar surface area (TPSA) is 47.9 Å². The lowest BCUT2D eigenvalue weighted by molar-refractivity contribution is -0.118. The largest absolute Gasteiger partial charge is 0.356 e. The van der Waals surface area contributed by atoms with Crippen molar-refractivity contribution in [3.05, 3.63) is 29.8 Å². The first-order chi connectivity index (χ1) is 13.2. The molecule has 1 amide bonds. The van der Waals surface area contributed by atoms with Crippen molar-refractivity contribution in [3.63, 3.8) is 0 Å². The van der Waals surface area contributed by atoms with Crippen molar-refractivity contribution in [3.8, 4) is 0 Å². The summed E-state index contributed by atoms with van der Waals surface area (Å²) >= 11 is 0. The lowest BCUT2D eigenvalue weighted by Gasteiger charge is -2.26. The van der Waals surface area contributed by atoms with Crippen LogP contribution in [0.2, 0.25) is 0 Å². The van der Waals surface area contributed by atoms with Gasteiger partial charge >= 0.3 is 0 Å². The number of likely N-dealkylation sites (tertiary alicyclic amines) is 1. The van der Waals surface area contributed by atoms with Crippen LogP contribution < -0.4 is 10.2 Å². The number of para-hydroxylation sites is 1. The van der Waals surface area contributed by atoms with E-state index < -0.39 is 0 Å². The molecule has 0 atom stereocenters. The zero-order chi connectivity index (χ0) is 18.7. The summed E-state index contributed by atoms with van der Waals surface area (Å²) in [5.41, 5.74) is 2.95. The van der Waals surface area contributed by atoms with Gasteiger partial charge in [-0.25, -0.2) is 0 Å². The van der Waals surface area contributed by atoms with Crippen LogP contribution in [0.15, 0.2) is 29.3 Å². The Morgan fingerprint density at radius 2 is 1.96 bits per heavy atom. The fraction of sp³-hybridized carbons (Fsp3) is 0.636. The molecule has 0 unspecified atom stereocenters. The Hall–Kier alpha value is -1.31. The Morgan fingerprint density at radius 1 is 1.18 bits per heavy atom. The van der Waals surface area contributed by atoms with Crippen LogP contribution in [-0.4, -0.2) is 50.0 Å². The zero-order valence-corrected chi connectivity index (χ0v) is 19.3. The molecule has 0 radical (unpaired) electrons. The third-order valence-corrected chi connectivity index (χ3v) is 6.65. The minimum atomic E-state index is 0. The van der Waals surface area contributed by atoms with Crippen molar-refractivity contribution < 1.29 is 4.79 Å². The number of carbonyl (C=O) groups excluding carboxylic acids is 1. The number of amides is 1. The second-order valence-electron chi connectivity index (χ2n) is 8.38. The van der Waals surface area contributed by atoms with Crippen LogP contribution in [0.1, 0.15) is 50.5 Å². The van der Waals surface area contributed by atoms with Gasteiger partial charge in [-0.3, -0.25) is 9.79 Å². The number of guanidine groups is 1. The molecule has 2 fully saturated rings. The molecule has 1 saturated heterocycles. The van der Waals surface area contributed by atoms with E-state index in [4.69, 9.17) is 0 Å². The van der Waals surface area contributed by atoms with Gasteiger partial charge in [-0.1, -0.05) is 31.0 Å². The van der Waals surface area contributed by atoms with Crippen LogP contribution in [0, 0.1) is 5.41 Å². The maximum atomic E-state index is 12.6. The highest BCUT2D eigenvalue weighted by Crippen LogP contribution is 2.45. The van der Waals surface area contributed by atoms with Crippen LogP contribution in [0.25, 0.3) is 0 Å². The number of benzene rings is 1. The molecule has 1 aromatic rings. The van der Waals surface area contributed by atoms with Crippen LogP contribution in [-0.2, 0) is 11.2 Å².